The lowest BCUT2D eigenvalue weighted by molar-refractivity contribution is 0.298. The minimum atomic E-state index is 0.343. The van der Waals surface area contributed by atoms with Crippen molar-refractivity contribution in [1.82, 2.24) is 4.98 Å². The third-order valence-corrected chi connectivity index (χ3v) is 2.78. The van der Waals surface area contributed by atoms with Crippen molar-refractivity contribution >= 4 is 5.71 Å². The van der Waals surface area contributed by atoms with Gasteiger partial charge in [0.25, 0.3) is 0 Å². The maximum Gasteiger partial charge on any atom is 0.213 e. The van der Waals surface area contributed by atoms with Crippen molar-refractivity contribution in [3.63, 3.8) is 0 Å². The van der Waals surface area contributed by atoms with Crippen LogP contribution in [0.25, 0.3) is 0 Å². The molecule has 1 aromatic heterocycles. The molecule has 104 valence electrons. The standard InChI is InChI=1S/C15H16N2O3/c1-11(17-18)12-5-3-7-14(9-12)20-10-13-6-4-8-15(16-13)19-2/h3-9,18H,10H2,1-2H3. The quantitative estimate of drug-likeness (QED) is 0.516. The maximum atomic E-state index is 8.77. The molecule has 0 aliphatic heterocycles. The molecule has 0 aliphatic carbocycles. The summed E-state index contributed by atoms with van der Waals surface area (Å²) in [7, 11) is 1.58. The Morgan fingerprint density at radius 2 is 2.05 bits per heavy atom. The molecule has 0 unspecified atom stereocenters. The Kier molecular flexibility index (Phi) is 4.55. The zero-order valence-corrected chi connectivity index (χ0v) is 11.4. The highest BCUT2D eigenvalue weighted by atomic mass is 16.5. The molecule has 1 heterocycles. The van der Waals surface area contributed by atoms with Crippen LogP contribution in [0, 0.1) is 0 Å². The van der Waals surface area contributed by atoms with Crippen molar-refractivity contribution in [2.75, 3.05) is 7.11 Å². The van der Waals surface area contributed by atoms with E-state index in [-0.39, 0.29) is 0 Å². The summed E-state index contributed by atoms with van der Waals surface area (Å²) < 4.78 is 10.7. The zero-order chi connectivity index (χ0) is 14.4. The van der Waals surface area contributed by atoms with Crippen molar-refractivity contribution in [1.29, 1.82) is 0 Å². The van der Waals surface area contributed by atoms with Gasteiger partial charge in [0.1, 0.15) is 12.4 Å². The van der Waals surface area contributed by atoms with Crippen molar-refractivity contribution < 1.29 is 14.7 Å². The van der Waals surface area contributed by atoms with E-state index in [4.69, 9.17) is 14.7 Å². The fourth-order valence-corrected chi connectivity index (χ4v) is 1.68. The first-order valence-corrected chi connectivity index (χ1v) is 6.14. The summed E-state index contributed by atoms with van der Waals surface area (Å²) in [6.45, 7) is 2.07. The number of benzene rings is 1. The molecule has 0 bridgehead atoms. The summed E-state index contributed by atoms with van der Waals surface area (Å²) in [5.74, 6) is 1.25. The average Bonchev–Trinajstić information content (AvgIpc) is 2.52. The van der Waals surface area contributed by atoms with Crippen molar-refractivity contribution in [2.45, 2.75) is 13.5 Å². The van der Waals surface area contributed by atoms with Gasteiger partial charge in [-0.05, 0) is 25.1 Å². The topological polar surface area (TPSA) is 63.9 Å². The number of oxime groups is 1. The third kappa shape index (κ3) is 3.47. The predicted octanol–water partition coefficient (Wildman–Crippen LogP) is 2.87. The van der Waals surface area contributed by atoms with E-state index in [0.29, 0.717) is 23.9 Å². The third-order valence-electron chi connectivity index (χ3n) is 2.78. The summed E-state index contributed by atoms with van der Waals surface area (Å²) in [5.41, 5.74) is 2.13. The lowest BCUT2D eigenvalue weighted by Gasteiger charge is -2.08. The Labute approximate surface area is 117 Å². The Morgan fingerprint density at radius 3 is 2.80 bits per heavy atom. The van der Waals surface area contributed by atoms with Crippen LogP contribution < -0.4 is 9.47 Å². The molecule has 0 radical (unpaired) electrons. The molecule has 0 saturated heterocycles. The van der Waals surface area contributed by atoms with Gasteiger partial charge >= 0.3 is 0 Å². The molecule has 0 atom stereocenters. The number of ether oxygens (including phenoxy) is 2. The van der Waals surface area contributed by atoms with Crippen molar-refractivity contribution in [2.24, 2.45) is 5.16 Å². The van der Waals surface area contributed by atoms with Gasteiger partial charge < -0.3 is 14.7 Å². The summed E-state index contributed by atoms with van der Waals surface area (Å²) >= 11 is 0. The Morgan fingerprint density at radius 1 is 1.25 bits per heavy atom. The zero-order valence-electron chi connectivity index (χ0n) is 11.4. The van der Waals surface area contributed by atoms with Crippen LogP contribution in [-0.4, -0.2) is 23.0 Å². The smallest absolute Gasteiger partial charge is 0.213 e. The molecule has 5 heteroatoms. The van der Waals surface area contributed by atoms with Crippen LogP contribution in [0.1, 0.15) is 18.2 Å². The molecule has 20 heavy (non-hydrogen) atoms. The second-order valence-corrected chi connectivity index (χ2v) is 4.17. The normalized spacial score (nSPS) is 11.2. The fraction of sp³-hybridized carbons (Fsp3) is 0.200. The van der Waals surface area contributed by atoms with E-state index >= 15 is 0 Å². The van der Waals surface area contributed by atoms with Crippen LogP contribution in [0.5, 0.6) is 11.6 Å². The van der Waals surface area contributed by atoms with Gasteiger partial charge in [-0.1, -0.05) is 23.4 Å². The molecule has 0 amide bonds. The largest absolute Gasteiger partial charge is 0.487 e. The van der Waals surface area contributed by atoms with E-state index in [1.807, 2.05) is 36.4 Å². The Balaban J connectivity index is 2.07. The van der Waals surface area contributed by atoms with E-state index in [0.717, 1.165) is 11.3 Å². The molecule has 2 rings (SSSR count). The van der Waals surface area contributed by atoms with Gasteiger partial charge in [-0.2, -0.15) is 0 Å². The minimum Gasteiger partial charge on any atom is -0.487 e. The van der Waals surface area contributed by atoms with Gasteiger partial charge in [-0.15, -0.1) is 0 Å². The fourth-order valence-electron chi connectivity index (χ4n) is 1.68. The number of hydrogen-bond acceptors (Lipinski definition) is 5. The highest BCUT2D eigenvalue weighted by Gasteiger charge is 2.02. The number of pyridine rings is 1. The first-order chi connectivity index (χ1) is 9.72. The highest BCUT2D eigenvalue weighted by Crippen LogP contribution is 2.16. The average molecular weight is 272 g/mol. The maximum absolute atomic E-state index is 8.77. The highest BCUT2D eigenvalue weighted by molar-refractivity contribution is 5.98. The first-order valence-electron chi connectivity index (χ1n) is 6.14. The van der Waals surface area contributed by atoms with Crippen LogP contribution in [0.15, 0.2) is 47.6 Å². The van der Waals surface area contributed by atoms with Gasteiger partial charge in [-0.3, -0.25) is 0 Å². The number of aromatic nitrogens is 1. The van der Waals surface area contributed by atoms with Crippen LogP contribution in [-0.2, 0) is 6.61 Å². The molecular weight excluding hydrogens is 256 g/mol. The molecule has 1 aromatic carbocycles. The number of nitrogens with zero attached hydrogens (tertiary/aromatic N) is 2. The lowest BCUT2D eigenvalue weighted by atomic mass is 10.1. The second kappa shape index (κ2) is 6.56. The van der Waals surface area contributed by atoms with E-state index in [2.05, 4.69) is 10.1 Å². The van der Waals surface area contributed by atoms with E-state index < -0.39 is 0 Å². The summed E-state index contributed by atoms with van der Waals surface area (Å²) in [6, 6.07) is 12.9. The van der Waals surface area contributed by atoms with Gasteiger partial charge in [0.05, 0.1) is 18.5 Å². The number of hydrogen-bond donors (Lipinski definition) is 1. The van der Waals surface area contributed by atoms with E-state index in [1.54, 1.807) is 20.1 Å². The second-order valence-electron chi connectivity index (χ2n) is 4.17. The summed E-state index contributed by atoms with van der Waals surface area (Å²) in [4.78, 5) is 4.27. The molecular formula is C15H16N2O3. The van der Waals surface area contributed by atoms with Crippen LogP contribution >= 0.6 is 0 Å². The Bertz CT molecular complexity index is 612. The number of rotatable bonds is 5. The minimum absolute atomic E-state index is 0.343. The summed E-state index contributed by atoms with van der Waals surface area (Å²) in [5, 5.41) is 11.9. The van der Waals surface area contributed by atoms with Crippen LogP contribution in [0.2, 0.25) is 0 Å². The molecule has 0 aliphatic rings. The van der Waals surface area contributed by atoms with Crippen LogP contribution in [0.4, 0.5) is 0 Å². The van der Waals surface area contributed by atoms with Crippen molar-refractivity contribution in [3.05, 3.63) is 53.7 Å². The Hall–Kier alpha value is -2.56. The molecule has 0 spiro atoms. The monoisotopic (exact) mass is 272 g/mol. The van der Waals surface area contributed by atoms with Gasteiger partial charge in [0.15, 0.2) is 0 Å². The number of methoxy groups -OCH3 is 1. The van der Waals surface area contributed by atoms with Gasteiger partial charge in [0, 0.05) is 11.6 Å². The van der Waals surface area contributed by atoms with Gasteiger partial charge in [-0.25, -0.2) is 4.98 Å². The predicted molar refractivity (Wildman–Crippen MR) is 75.6 cm³/mol. The molecule has 5 nitrogen and oxygen atoms in total. The van der Waals surface area contributed by atoms with Gasteiger partial charge in [0.2, 0.25) is 5.88 Å². The summed E-state index contributed by atoms with van der Waals surface area (Å²) in [6.07, 6.45) is 0. The SMILES string of the molecule is COc1cccc(COc2cccc(C(C)=NO)c2)n1. The molecule has 0 fully saturated rings. The molecule has 0 saturated carbocycles. The van der Waals surface area contributed by atoms with Crippen molar-refractivity contribution in [3.8, 4) is 11.6 Å². The molecule has 1 N–H and O–H groups in total. The lowest BCUT2D eigenvalue weighted by Crippen LogP contribution is -2.01. The first kappa shape index (κ1) is 13.9. The molecule has 2 aromatic rings. The van der Waals surface area contributed by atoms with E-state index in [1.165, 1.54) is 0 Å². The van der Waals surface area contributed by atoms with Crippen LogP contribution in [0.3, 0.4) is 0 Å². The van der Waals surface area contributed by atoms with E-state index in [9.17, 15) is 0 Å².